The van der Waals surface area contributed by atoms with Crippen LogP contribution in [0.4, 0.5) is 23.2 Å². The van der Waals surface area contributed by atoms with Crippen molar-refractivity contribution in [2.45, 2.75) is 31.3 Å². The van der Waals surface area contributed by atoms with Gasteiger partial charge >= 0.3 is 0 Å². The maximum atomic E-state index is 14.0. The maximum absolute atomic E-state index is 14.0. The lowest BCUT2D eigenvalue weighted by atomic mass is 10.1. The van der Waals surface area contributed by atoms with Crippen LogP contribution in [0.3, 0.4) is 0 Å². The van der Waals surface area contributed by atoms with Gasteiger partial charge in [-0.25, -0.2) is 17.2 Å². The minimum Gasteiger partial charge on any atom is -0.346 e. The van der Waals surface area contributed by atoms with Crippen LogP contribution in [0.2, 0.25) is 0 Å². The Hall–Kier alpha value is -2.38. The predicted molar refractivity (Wildman–Crippen MR) is 125 cm³/mol. The van der Waals surface area contributed by atoms with Gasteiger partial charge in [0.25, 0.3) is 5.66 Å². The van der Waals surface area contributed by atoms with E-state index in [1.165, 1.54) is 68.8 Å². The smallest absolute Gasteiger partial charge is 0.299 e. The second-order valence-corrected chi connectivity index (χ2v) is 9.41. The minimum atomic E-state index is -3.43. The molecule has 1 aliphatic heterocycles. The SMILES string of the molecule is C=C(F)/C(F)=C\C=C(/C)C1=CN(C)C(C(F)(F)P)=CN1c1ccc(S(C)(=O)=O)cc1.CC. The minimum absolute atomic E-state index is 0.0743. The van der Waals surface area contributed by atoms with Crippen LogP contribution < -0.4 is 4.90 Å². The Morgan fingerprint density at radius 3 is 2.06 bits per heavy atom. The van der Waals surface area contributed by atoms with E-state index in [1.807, 2.05) is 13.8 Å². The number of alkyl halides is 2. The lowest BCUT2D eigenvalue weighted by molar-refractivity contribution is 0.119. The number of nitrogens with zero attached hydrogens (tertiary/aromatic N) is 2. The van der Waals surface area contributed by atoms with Gasteiger partial charge in [0.05, 0.1) is 10.6 Å². The molecule has 0 spiro atoms. The fraction of sp³-hybridized carbons (Fsp3) is 0.273. The highest BCUT2D eigenvalue weighted by molar-refractivity contribution is 7.90. The van der Waals surface area contributed by atoms with Crippen molar-refractivity contribution in [3.05, 3.63) is 84.0 Å². The first-order valence-electron chi connectivity index (χ1n) is 9.54. The number of rotatable bonds is 6. The molecular formula is C22H27F4N2O2PS. The van der Waals surface area contributed by atoms with Crippen molar-refractivity contribution in [3.8, 4) is 0 Å². The standard InChI is InChI=1S/C20H21F4N2O2PS.C2H6/c1-13(5-10-17(22)14(2)21)18-11-25(3)19(20(23,24)29)12-26(18)15-6-8-16(9-7-15)30(4,27)28;1-2/h5-12H,2,29H2,1,3-4H3;1-2H3/b13-5+,17-10+;. The molecule has 1 unspecified atom stereocenters. The Kier molecular flexibility index (Phi) is 9.48. The Morgan fingerprint density at radius 2 is 1.62 bits per heavy atom. The first-order chi connectivity index (χ1) is 14.7. The van der Waals surface area contributed by atoms with E-state index < -0.39 is 27.2 Å². The summed E-state index contributed by atoms with van der Waals surface area (Å²) >= 11 is 0. The largest absolute Gasteiger partial charge is 0.346 e. The predicted octanol–water partition coefficient (Wildman–Crippen LogP) is 6.30. The second kappa shape index (κ2) is 11.0. The molecule has 32 heavy (non-hydrogen) atoms. The molecule has 0 bridgehead atoms. The van der Waals surface area contributed by atoms with Crippen LogP contribution in [0.25, 0.3) is 0 Å². The van der Waals surface area contributed by atoms with E-state index in [1.54, 1.807) is 6.92 Å². The highest BCUT2D eigenvalue weighted by Crippen LogP contribution is 2.39. The molecule has 1 aliphatic rings. The van der Waals surface area contributed by atoms with E-state index in [4.69, 9.17) is 0 Å². The van der Waals surface area contributed by atoms with Crippen molar-refractivity contribution < 1.29 is 26.0 Å². The number of benzene rings is 1. The van der Waals surface area contributed by atoms with Crippen molar-refractivity contribution in [1.82, 2.24) is 4.90 Å². The number of halogens is 4. The second-order valence-electron chi connectivity index (χ2n) is 6.67. The third kappa shape index (κ3) is 7.07. The number of anilines is 1. The average molecular weight is 491 g/mol. The Labute approximate surface area is 189 Å². The Bertz CT molecular complexity index is 1070. The van der Waals surface area contributed by atoms with Gasteiger partial charge in [-0.05, 0) is 42.8 Å². The van der Waals surface area contributed by atoms with E-state index in [0.717, 1.165) is 12.3 Å². The molecule has 0 aromatic heterocycles. The van der Waals surface area contributed by atoms with Gasteiger partial charge in [0.1, 0.15) is 5.70 Å². The molecule has 1 atom stereocenters. The van der Waals surface area contributed by atoms with E-state index in [-0.39, 0.29) is 10.6 Å². The highest BCUT2D eigenvalue weighted by Gasteiger charge is 2.34. The van der Waals surface area contributed by atoms with Gasteiger partial charge in [-0.1, -0.05) is 35.7 Å². The van der Waals surface area contributed by atoms with Gasteiger partial charge in [-0.15, -0.1) is 0 Å². The lowest BCUT2D eigenvalue weighted by Gasteiger charge is -2.35. The average Bonchev–Trinajstić information content (AvgIpc) is 2.71. The van der Waals surface area contributed by atoms with E-state index >= 15 is 0 Å². The molecule has 0 radical (unpaired) electrons. The molecule has 1 aromatic carbocycles. The fourth-order valence-electron chi connectivity index (χ4n) is 2.65. The summed E-state index contributed by atoms with van der Waals surface area (Å²) in [7, 11) is -0.543. The van der Waals surface area contributed by atoms with Gasteiger partial charge < -0.3 is 9.80 Å². The maximum Gasteiger partial charge on any atom is 0.299 e. The number of sulfone groups is 1. The highest BCUT2D eigenvalue weighted by atomic mass is 32.2. The molecule has 10 heteroatoms. The van der Waals surface area contributed by atoms with Crippen molar-refractivity contribution in [3.63, 3.8) is 0 Å². The zero-order chi connectivity index (χ0) is 24.9. The summed E-state index contributed by atoms with van der Waals surface area (Å²) in [4.78, 5) is 2.71. The molecule has 1 heterocycles. The fourth-order valence-corrected chi connectivity index (χ4v) is 3.56. The summed E-state index contributed by atoms with van der Waals surface area (Å²) in [6, 6.07) is 5.66. The van der Waals surface area contributed by atoms with Crippen molar-refractivity contribution in [2.75, 3.05) is 18.2 Å². The van der Waals surface area contributed by atoms with Crippen LogP contribution in [0.5, 0.6) is 0 Å². The van der Waals surface area contributed by atoms with E-state index in [0.29, 0.717) is 17.0 Å². The molecular weight excluding hydrogens is 463 g/mol. The normalized spacial score (nSPS) is 15.6. The zero-order valence-corrected chi connectivity index (χ0v) is 20.5. The van der Waals surface area contributed by atoms with Crippen LogP contribution in [0, 0.1) is 0 Å². The molecule has 176 valence electrons. The Morgan fingerprint density at radius 1 is 1.09 bits per heavy atom. The summed E-state index contributed by atoms with van der Waals surface area (Å²) in [5, 5.41) is 0. The number of allylic oxidation sites excluding steroid dienone is 6. The molecule has 0 saturated carbocycles. The molecule has 0 aliphatic carbocycles. The van der Waals surface area contributed by atoms with Crippen molar-refractivity contribution >= 4 is 24.8 Å². The van der Waals surface area contributed by atoms with E-state index in [2.05, 4.69) is 6.58 Å². The number of hydrogen-bond acceptors (Lipinski definition) is 4. The quantitative estimate of drug-likeness (QED) is 0.267. The zero-order valence-electron chi connectivity index (χ0n) is 18.5. The molecule has 0 amide bonds. The van der Waals surface area contributed by atoms with Crippen LogP contribution in [-0.4, -0.2) is 32.3 Å². The van der Waals surface area contributed by atoms with Gasteiger partial charge in [-0.3, -0.25) is 0 Å². The summed E-state index contributed by atoms with van der Waals surface area (Å²) in [5.74, 6) is -2.39. The van der Waals surface area contributed by atoms with Crippen molar-refractivity contribution in [1.29, 1.82) is 0 Å². The Balaban J connectivity index is 0.00000249. The molecule has 1 aromatic rings. The summed E-state index contributed by atoms with van der Waals surface area (Å²) in [5.41, 5.74) is -2.34. The first kappa shape index (κ1) is 27.7. The topological polar surface area (TPSA) is 40.6 Å². The van der Waals surface area contributed by atoms with Gasteiger partial charge in [0, 0.05) is 31.4 Å². The van der Waals surface area contributed by atoms with E-state index in [9.17, 15) is 26.0 Å². The summed E-state index contributed by atoms with van der Waals surface area (Å²) in [6.45, 7) is 8.47. The lowest BCUT2D eigenvalue weighted by Crippen LogP contribution is -2.33. The monoisotopic (exact) mass is 490 g/mol. The molecule has 4 nitrogen and oxygen atoms in total. The van der Waals surface area contributed by atoms with Crippen LogP contribution in [-0.2, 0) is 9.84 Å². The first-order valence-corrected chi connectivity index (χ1v) is 12.0. The molecule has 0 fully saturated rings. The number of hydrogen-bond donors (Lipinski definition) is 0. The third-order valence-corrected chi connectivity index (χ3v) is 5.66. The van der Waals surface area contributed by atoms with Gasteiger partial charge in [-0.2, -0.15) is 8.78 Å². The molecule has 2 rings (SSSR count). The summed E-state index contributed by atoms with van der Waals surface area (Å²) < 4.78 is 77.8. The van der Waals surface area contributed by atoms with Crippen LogP contribution in [0.15, 0.2) is 88.9 Å². The third-order valence-electron chi connectivity index (χ3n) is 4.23. The molecule has 0 N–H and O–H groups in total. The molecule has 0 saturated heterocycles. The summed E-state index contributed by atoms with van der Waals surface area (Å²) in [6.07, 6.45) is 5.84. The van der Waals surface area contributed by atoms with Crippen LogP contribution in [0.1, 0.15) is 20.8 Å². The van der Waals surface area contributed by atoms with Gasteiger partial charge in [0.15, 0.2) is 21.5 Å². The van der Waals surface area contributed by atoms with Crippen molar-refractivity contribution in [2.24, 2.45) is 0 Å². The van der Waals surface area contributed by atoms with Crippen LogP contribution >= 0.6 is 9.24 Å². The van der Waals surface area contributed by atoms with Gasteiger partial charge in [0.2, 0.25) is 0 Å².